The van der Waals surface area contributed by atoms with Gasteiger partial charge < -0.3 is 9.47 Å². The van der Waals surface area contributed by atoms with Crippen LogP contribution in [0.2, 0.25) is 0 Å². The van der Waals surface area contributed by atoms with E-state index in [1.54, 1.807) is 0 Å². The van der Waals surface area contributed by atoms with Crippen molar-refractivity contribution in [2.24, 2.45) is 23.7 Å². The zero-order chi connectivity index (χ0) is 12.7. The van der Waals surface area contributed by atoms with E-state index >= 15 is 0 Å². The van der Waals surface area contributed by atoms with Gasteiger partial charge in [0.1, 0.15) is 11.7 Å². The maximum atomic E-state index is 12.1. The van der Waals surface area contributed by atoms with Gasteiger partial charge >= 0.3 is 5.97 Å². The van der Waals surface area contributed by atoms with Gasteiger partial charge in [0.05, 0.1) is 11.5 Å². The second-order valence-corrected chi connectivity index (χ2v) is 7.18. The Morgan fingerprint density at radius 2 is 1.94 bits per heavy atom. The van der Waals surface area contributed by atoms with Gasteiger partial charge in [0.25, 0.3) is 0 Å². The van der Waals surface area contributed by atoms with E-state index < -0.39 is 0 Å². The monoisotopic (exact) mass is 250 g/mol. The molecule has 100 valence electrons. The molecule has 4 rings (SSSR count). The van der Waals surface area contributed by atoms with Crippen LogP contribution in [0.3, 0.4) is 0 Å². The van der Waals surface area contributed by atoms with Gasteiger partial charge in [-0.15, -0.1) is 0 Å². The Morgan fingerprint density at radius 3 is 2.72 bits per heavy atom. The molecule has 0 aromatic rings. The molecule has 0 radical (unpaired) electrons. The summed E-state index contributed by atoms with van der Waals surface area (Å²) in [5.41, 5.74) is -0.280. The van der Waals surface area contributed by atoms with Crippen LogP contribution in [0.5, 0.6) is 0 Å². The van der Waals surface area contributed by atoms with E-state index in [1.807, 2.05) is 6.92 Å². The summed E-state index contributed by atoms with van der Waals surface area (Å²) in [4.78, 5) is 12.1. The van der Waals surface area contributed by atoms with Crippen LogP contribution >= 0.6 is 0 Å². The number of carbonyl (C=O) groups excluding carboxylic acids is 1. The van der Waals surface area contributed by atoms with Crippen molar-refractivity contribution in [2.45, 2.75) is 63.8 Å². The molecule has 2 aliphatic heterocycles. The van der Waals surface area contributed by atoms with Crippen molar-refractivity contribution < 1.29 is 14.3 Å². The summed E-state index contributed by atoms with van der Waals surface area (Å²) in [6, 6.07) is 0. The van der Waals surface area contributed by atoms with Crippen LogP contribution in [-0.4, -0.2) is 23.3 Å². The molecule has 4 fully saturated rings. The second kappa shape index (κ2) is 3.12. The SMILES string of the molecule is C[C@@H]1CC[C@H]2[C@@H](C)C(=O)OC23C1CC[C@@]1(C)O[C@@H]31. The van der Waals surface area contributed by atoms with Crippen molar-refractivity contribution in [3.05, 3.63) is 0 Å². The first-order valence-electron chi connectivity index (χ1n) is 7.40. The van der Waals surface area contributed by atoms with Gasteiger partial charge in [0, 0.05) is 11.8 Å². The first-order valence-corrected chi connectivity index (χ1v) is 7.40. The Hall–Kier alpha value is -0.570. The first kappa shape index (κ1) is 11.3. The minimum absolute atomic E-state index is 0.00382. The second-order valence-electron chi connectivity index (χ2n) is 7.18. The van der Waals surface area contributed by atoms with Crippen molar-refractivity contribution >= 4 is 5.97 Å². The largest absolute Gasteiger partial charge is 0.455 e. The van der Waals surface area contributed by atoms with Crippen LogP contribution in [0, 0.1) is 23.7 Å². The highest BCUT2D eigenvalue weighted by atomic mass is 16.7. The topological polar surface area (TPSA) is 38.8 Å². The predicted octanol–water partition coefficient (Wildman–Crippen LogP) is 2.53. The maximum absolute atomic E-state index is 12.1. The van der Waals surface area contributed by atoms with Gasteiger partial charge in [0.2, 0.25) is 0 Å². The Kier molecular flexibility index (Phi) is 1.95. The molecule has 18 heavy (non-hydrogen) atoms. The molecule has 2 aliphatic carbocycles. The van der Waals surface area contributed by atoms with Crippen molar-refractivity contribution in [3.8, 4) is 0 Å². The van der Waals surface area contributed by atoms with E-state index in [4.69, 9.17) is 9.47 Å². The highest BCUT2D eigenvalue weighted by Crippen LogP contribution is 2.66. The quantitative estimate of drug-likeness (QED) is 0.490. The summed E-state index contributed by atoms with van der Waals surface area (Å²) in [6.07, 6.45) is 4.82. The third-order valence-corrected chi connectivity index (χ3v) is 6.28. The van der Waals surface area contributed by atoms with Gasteiger partial charge in [-0.2, -0.15) is 0 Å². The van der Waals surface area contributed by atoms with Gasteiger partial charge in [-0.3, -0.25) is 4.79 Å². The molecule has 0 aromatic heterocycles. The lowest BCUT2D eigenvalue weighted by atomic mass is 9.55. The number of ether oxygens (including phenoxy) is 2. The third kappa shape index (κ3) is 1.08. The van der Waals surface area contributed by atoms with Crippen molar-refractivity contribution in [3.63, 3.8) is 0 Å². The van der Waals surface area contributed by atoms with Gasteiger partial charge in [-0.25, -0.2) is 0 Å². The third-order valence-electron chi connectivity index (χ3n) is 6.28. The highest BCUT2D eigenvalue weighted by molar-refractivity contribution is 5.76. The fraction of sp³-hybridized carbons (Fsp3) is 0.933. The summed E-state index contributed by atoms with van der Waals surface area (Å²) >= 11 is 0. The van der Waals surface area contributed by atoms with Crippen LogP contribution in [0.4, 0.5) is 0 Å². The Bertz CT molecular complexity index is 420. The van der Waals surface area contributed by atoms with E-state index in [9.17, 15) is 4.79 Å². The summed E-state index contributed by atoms with van der Waals surface area (Å²) < 4.78 is 12.0. The predicted molar refractivity (Wildman–Crippen MR) is 65.9 cm³/mol. The minimum atomic E-state index is -0.277. The molecule has 0 bridgehead atoms. The van der Waals surface area contributed by atoms with E-state index in [0.717, 1.165) is 19.3 Å². The maximum Gasteiger partial charge on any atom is 0.309 e. The summed E-state index contributed by atoms with van der Waals surface area (Å²) in [6.45, 7) is 6.56. The zero-order valence-corrected chi connectivity index (χ0v) is 11.4. The number of hydrogen-bond donors (Lipinski definition) is 0. The molecular formula is C15H22O3. The standard InChI is InChI=1S/C15H22O3/c1-8-4-5-11-9(2)12(16)17-15(11)10(8)6-7-14(3)13(15)18-14/h8-11,13H,4-7H2,1-3H3/t8-,9-,10?,11+,13-,14-,15?/m1/s1. The summed E-state index contributed by atoms with van der Waals surface area (Å²) in [5, 5.41) is 0. The van der Waals surface area contributed by atoms with Gasteiger partial charge in [-0.1, -0.05) is 13.8 Å². The van der Waals surface area contributed by atoms with E-state index in [1.165, 1.54) is 6.42 Å². The molecule has 0 N–H and O–H groups in total. The summed E-state index contributed by atoms with van der Waals surface area (Å²) in [5.74, 6) is 1.64. The molecule has 1 spiro atoms. The van der Waals surface area contributed by atoms with Gasteiger partial charge in [-0.05, 0) is 38.5 Å². The van der Waals surface area contributed by atoms with Crippen LogP contribution in [0.1, 0.15) is 46.5 Å². The smallest absolute Gasteiger partial charge is 0.309 e. The van der Waals surface area contributed by atoms with Crippen molar-refractivity contribution in [1.82, 2.24) is 0 Å². The molecule has 2 saturated carbocycles. The average molecular weight is 250 g/mol. The molecule has 7 atom stereocenters. The number of esters is 1. The molecule has 0 amide bonds. The highest BCUT2D eigenvalue weighted by Gasteiger charge is 2.76. The molecule has 2 unspecified atom stereocenters. The fourth-order valence-corrected chi connectivity index (χ4v) is 5.20. The molecular weight excluding hydrogens is 228 g/mol. The molecule has 2 heterocycles. The zero-order valence-electron chi connectivity index (χ0n) is 11.4. The molecule has 0 aromatic carbocycles. The van der Waals surface area contributed by atoms with Crippen LogP contribution in [-0.2, 0) is 14.3 Å². The number of epoxide rings is 1. The van der Waals surface area contributed by atoms with E-state index in [2.05, 4.69) is 13.8 Å². The first-order chi connectivity index (χ1) is 8.49. The minimum Gasteiger partial charge on any atom is -0.455 e. The number of carbonyl (C=O) groups is 1. The van der Waals surface area contributed by atoms with Crippen LogP contribution < -0.4 is 0 Å². The Balaban J connectivity index is 1.81. The fourth-order valence-electron chi connectivity index (χ4n) is 5.20. The number of rotatable bonds is 0. The Morgan fingerprint density at radius 1 is 1.17 bits per heavy atom. The van der Waals surface area contributed by atoms with Gasteiger partial charge in [0.15, 0.2) is 0 Å². The van der Waals surface area contributed by atoms with Crippen LogP contribution in [0.15, 0.2) is 0 Å². The number of fused-ring (bicyclic) bond motifs is 1. The van der Waals surface area contributed by atoms with Crippen molar-refractivity contribution in [1.29, 1.82) is 0 Å². The van der Waals surface area contributed by atoms with Crippen LogP contribution in [0.25, 0.3) is 0 Å². The lowest BCUT2D eigenvalue weighted by molar-refractivity contribution is -0.168. The molecule has 2 saturated heterocycles. The average Bonchev–Trinajstić information content (AvgIpc) is 2.95. The van der Waals surface area contributed by atoms with E-state index in [0.29, 0.717) is 17.8 Å². The molecule has 3 nitrogen and oxygen atoms in total. The van der Waals surface area contributed by atoms with E-state index in [-0.39, 0.29) is 29.2 Å². The normalized spacial score (nSPS) is 61.5. The number of hydrogen-bond acceptors (Lipinski definition) is 3. The molecule has 4 aliphatic rings. The lowest BCUT2D eigenvalue weighted by Gasteiger charge is -2.49. The van der Waals surface area contributed by atoms with Crippen molar-refractivity contribution in [2.75, 3.05) is 0 Å². The summed E-state index contributed by atoms with van der Waals surface area (Å²) in [7, 11) is 0. The lowest BCUT2D eigenvalue weighted by Crippen LogP contribution is -2.58. The Labute approximate surface area is 108 Å². The molecule has 3 heteroatoms.